The van der Waals surface area contributed by atoms with Gasteiger partial charge in [-0.1, -0.05) is 17.2 Å². The summed E-state index contributed by atoms with van der Waals surface area (Å²) in [7, 11) is 0. The number of carbonyl (C=O) groups excluding carboxylic acids is 1. The zero-order valence-corrected chi connectivity index (χ0v) is 12.7. The molecule has 1 amide bonds. The van der Waals surface area contributed by atoms with E-state index in [1.165, 1.54) is 12.1 Å². The Kier molecular flexibility index (Phi) is 4.40. The monoisotopic (exact) mass is 320 g/mol. The van der Waals surface area contributed by atoms with Crippen LogP contribution in [0.2, 0.25) is 0 Å². The van der Waals surface area contributed by atoms with Crippen molar-refractivity contribution in [2.75, 3.05) is 37.7 Å². The number of aromatic nitrogens is 2. The van der Waals surface area contributed by atoms with Crippen LogP contribution in [0.4, 0.5) is 10.4 Å². The van der Waals surface area contributed by atoms with Crippen molar-refractivity contribution in [2.45, 2.75) is 6.92 Å². The van der Waals surface area contributed by atoms with Gasteiger partial charge in [0.05, 0.1) is 0 Å². The molecule has 0 aliphatic carbocycles. The number of para-hydroxylation sites is 1. The first-order chi connectivity index (χ1) is 11.1. The number of rotatable bonds is 4. The Balaban J connectivity index is 1.49. The van der Waals surface area contributed by atoms with Crippen molar-refractivity contribution in [3.05, 3.63) is 36.0 Å². The fraction of sp³-hybridized carbons (Fsp3) is 0.400. The van der Waals surface area contributed by atoms with Gasteiger partial charge in [-0.3, -0.25) is 4.79 Å². The highest BCUT2D eigenvalue weighted by Crippen LogP contribution is 2.16. The van der Waals surface area contributed by atoms with Gasteiger partial charge in [-0.15, -0.1) is 5.10 Å². The first-order valence-electron chi connectivity index (χ1n) is 7.33. The third-order valence-electron chi connectivity index (χ3n) is 3.61. The fourth-order valence-electron chi connectivity index (χ4n) is 2.35. The Morgan fingerprint density at radius 3 is 2.65 bits per heavy atom. The molecule has 23 heavy (non-hydrogen) atoms. The van der Waals surface area contributed by atoms with E-state index in [1.54, 1.807) is 24.0 Å². The van der Waals surface area contributed by atoms with Crippen LogP contribution in [0.1, 0.15) is 5.89 Å². The average Bonchev–Trinajstić information content (AvgIpc) is 3.00. The van der Waals surface area contributed by atoms with E-state index in [0.29, 0.717) is 38.1 Å². The van der Waals surface area contributed by atoms with Gasteiger partial charge in [0.2, 0.25) is 5.89 Å². The molecular weight excluding hydrogens is 303 g/mol. The first-order valence-corrected chi connectivity index (χ1v) is 7.33. The number of carbonyl (C=O) groups is 1. The molecule has 2 aromatic rings. The predicted molar refractivity (Wildman–Crippen MR) is 79.7 cm³/mol. The molecule has 0 spiro atoms. The van der Waals surface area contributed by atoms with Gasteiger partial charge in [0, 0.05) is 33.1 Å². The minimum absolute atomic E-state index is 0.0841. The Morgan fingerprint density at radius 2 is 2.00 bits per heavy atom. The zero-order valence-electron chi connectivity index (χ0n) is 12.7. The molecule has 3 rings (SSSR count). The van der Waals surface area contributed by atoms with Crippen molar-refractivity contribution < 1.29 is 18.3 Å². The lowest BCUT2D eigenvalue weighted by Gasteiger charge is -2.33. The maximum Gasteiger partial charge on any atom is 0.318 e. The summed E-state index contributed by atoms with van der Waals surface area (Å²) in [5.41, 5.74) is 0. The van der Waals surface area contributed by atoms with Crippen LogP contribution in [-0.2, 0) is 4.79 Å². The van der Waals surface area contributed by atoms with Crippen molar-refractivity contribution in [1.29, 1.82) is 0 Å². The van der Waals surface area contributed by atoms with Crippen molar-refractivity contribution in [3.8, 4) is 5.75 Å². The lowest BCUT2D eigenvalue weighted by molar-refractivity contribution is -0.133. The molecule has 0 saturated carbocycles. The smallest absolute Gasteiger partial charge is 0.318 e. The maximum absolute atomic E-state index is 13.4. The number of halogens is 1. The number of benzene rings is 1. The molecule has 0 N–H and O–H groups in total. The van der Waals surface area contributed by atoms with E-state index in [2.05, 4.69) is 10.2 Å². The molecule has 1 aliphatic rings. The van der Waals surface area contributed by atoms with Crippen molar-refractivity contribution in [1.82, 2.24) is 15.1 Å². The minimum Gasteiger partial charge on any atom is -0.481 e. The Hall–Kier alpha value is -2.64. The third-order valence-corrected chi connectivity index (χ3v) is 3.61. The van der Waals surface area contributed by atoms with Crippen LogP contribution >= 0.6 is 0 Å². The van der Waals surface area contributed by atoms with Gasteiger partial charge in [-0.05, 0) is 12.1 Å². The first kappa shape index (κ1) is 15.3. The Bertz CT molecular complexity index is 683. The topological polar surface area (TPSA) is 71.7 Å². The minimum atomic E-state index is -0.475. The molecule has 0 atom stereocenters. The summed E-state index contributed by atoms with van der Waals surface area (Å²) in [4.78, 5) is 15.8. The van der Waals surface area contributed by atoms with Crippen LogP contribution in [0.3, 0.4) is 0 Å². The highest BCUT2D eigenvalue weighted by atomic mass is 19.1. The van der Waals surface area contributed by atoms with E-state index in [4.69, 9.17) is 9.15 Å². The second-order valence-corrected chi connectivity index (χ2v) is 5.19. The van der Waals surface area contributed by atoms with Gasteiger partial charge in [-0.2, -0.15) is 0 Å². The molecule has 1 aliphatic heterocycles. The highest BCUT2D eigenvalue weighted by molar-refractivity contribution is 5.78. The van der Waals surface area contributed by atoms with Gasteiger partial charge in [-0.25, -0.2) is 4.39 Å². The van der Waals surface area contributed by atoms with Crippen LogP contribution in [0.25, 0.3) is 0 Å². The van der Waals surface area contributed by atoms with Gasteiger partial charge in [0.15, 0.2) is 18.2 Å². The largest absolute Gasteiger partial charge is 0.481 e. The molecule has 0 unspecified atom stereocenters. The number of amides is 1. The Morgan fingerprint density at radius 1 is 1.26 bits per heavy atom. The molecule has 122 valence electrons. The summed E-state index contributed by atoms with van der Waals surface area (Å²) in [5, 5.41) is 7.76. The van der Waals surface area contributed by atoms with Gasteiger partial charge in [0.1, 0.15) is 0 Å². The van der Waals surface area contributed by atoms with Crippen LogP contribution in [-0.4, -0.2) is 53.8 Å². The molecule has 7 nitrogen and oxygen atoms in total. The van der Waals surface area contributed by atoms with E-state index in [0.717, 1.165) is 0 Å². The van der Waals surface area contributed by atoms with Crippen molar-refractivity contribution in [3.63, 3.8) is 0 Å². The molecule has 2 heterocycles. The molecule has 0 bridgehead atoms. The number of ether oxygens (including phenoxy) is 1. The molecule has 0 radical (unpaired) electrons. The van der Waals surface area contributed by atoms with Crippen LogP contribution in [0.5, 0.6) is 5.75 Å². The van der Waals surface area contributed by atoms with E-state index in [1.807, 2.05) is 4.90 Å². The Labute approximate surface area is 132 Å². The summed E-state index contributed by atoms with van der Waals surface area (Å²) in [6.07, 6.45) is 0. The van der Waals surface area contributed by atoms with Crippen molar-refractivity contribution >= 4 is 11.9 Å². The lowest BCUT2D eigenvalue weighted by atomic mass is 10.3. The normalized spacial score (nSPS) is 14.9. The average molecular weight is 320 g/mol. The summed E-state index contributed by atoms with van der Waals surface area (Å²) >= 11 is 0. The number of hydrogen-bond acceptors (Lipinski definition) is 6. The molecule has 1 aromatic heterocycles. The highest BCUT2D eigenvalue weighted by Gasteiger charge is 2.24. The SMILES string of the molecule is Cc1nnc(N2CCN(C(=O)COc3ccccc3F)CC2)o1. The zero-order chi connectivity index (χ0) is 16.2. The van der Waals surface area contributed by atoms with E-state index >= 15 is 0 Å². The number of nitrogens with zero attached hydrogens (tertiary/aromatic N) is 4. The number of piperazine rings is 1. The van der Waals surface area contributed by atoms with Gasteiger partial charge in [0.25, 0.3) is 5.91 Å². The van der Waals surface area contributed by atoms with E-state index in [9.17, 15) is 9.18 Å². The summed E-state index contributed by atoms with van der Waals surface area (Å²) in [6, 6.07) is 6.50. The molecule has 1 saturated heterocycles. The molecule has 1 aromatic carbocycles. The quantitative estimate of drug-likeness (QED) is 0.844. The van der Waals surface area contributed by atoms with E-state index in [-0.39, 0.29) is 18.3 Å². The van der Waals surface area contributed by atoms with Crippen molar-refractivity contribution in [2.24, 2.45) is 0 Å². The van der Waals surface area contributed by atoms with Gasteiger partial charge < -0.3 is 19.0 Å². The fourth-order valence-corrected chi connectivity index (χ4v) is 2.35. The summed E-state index contributed by atoms with van der Waals surface area (Å²) in [6.45, 7) is 3.82. The number of aryl methyl sites for hydroxylation is 1. The third kappa shape index (κ3) is 3.58. The standard InChI is InChI=1S/C15H17FN4O3/c1-11-17-18-15(23-11)20-8-6-19(7-9-20)14(21)10-22-13-5-3-2-4-12(13)16/h2-5H,6-10H2,1H3. The predicted octanol–water partition coefficient (Wildman–Crippen LogP) is 1.24. The molecule has 8 heteroatoms. The summed E-state index contributed by atoms with van der Waals surface area (Å²) in [5.74, 6) is -0.0517. The van der Waals surface area contributed by atoms with Crippen LogP contribution in [0.15, 0.2) is 28.7 Å². The molecular formula is C15H17FN4O3. The molecule has 1 fully saturated rings. The van der Waals surface area contributed by atoms with Crippen LogP contribution in [0, 0.1) is 12.7 Å². The second-order valence-electron chi connectivity index (χ2n) is 5.19. The lowest BCUT2D eigenvalue weighted by Crippen LogP contribution is -2.50. The summed E-state index contributed by atoms with van der Waals surface area (Å²) < 4.78 is 24.1. The number of anilines is 1. The van der Waals surface area contributed by atoms with E-state index < -0.39 is 5.82 Å². The maximum atomic E-state index is 13.4. The number of hydrogen-bond donors (Lipinski definition) is 0. The second kappa shape index (κ2) is 6.64. The van der Waals surface area contributed by atoms with Gasteiger partial charge >= 0.3 is 6.01 Å². The van der Waals surface area contributed by atoms with Crippen LogP contribution < -0.4 is 9.64 Å².